The van der Waals surface area contributed by atoms with Crippen LogP contribution in [0.15, 0.2) is 17.1 Å². The summed E-state index contributed by atoms with van der Waals surface area (Å²) in [6, 6.07) is 2.81. The molecule has 106 valence electrons. The summed E-state index contributed by atoms with van der Waals surface area (Å²) in [5.74, 6) is 0.571. The van der Waals surface area contributed by atoms with Crippen molar-refractivity contribution in [3.63, 3.8) is 0 Å². The van der Waals surface area contributed by atoms with Crippen LogP contribution in [0.25, 0.3) is 0 Å². The van der Waals surface area contributed by atoms with E-state index >= 15 is 0 Å². The summed E-state index contributed by atoms with van der Waals surface area (Å²) in [5.41, 5.74) is 8.79. The number of rotatable bonds is 3. The van der Waals surface area contributed by atoms with Gasteiger partial charge in [-0.2, -0.15) is 0 Å². The molecule has 3 nitrogen and oxygen atoms in total. The van der Waals surface area contributed by atoms with Crippen LogP contribution < -0.4 is 5.73 Å². The molecular formula is C14H21ClFN3. The zero-order chi connectivity index (χ0) is 13.3. The third kappa shape index (κ3) is 2.90. The van der Waals surface area contributed by atoms with E-state index in [0.29, 0.717) is 5.56 Å². The van der Waals surface area contributed by atoms with E-state index in [9.17, 15) is 4.39 Å². The smallest absolute Gasteiger partial charge is 0.128 e. The third-order valence-electron chi connectivity index (χ3n) is 3.67. The molecule has 0 radical (unpaired) electrons. The number of likely N-dealkylation sites (N-methyl/N-ethyl adjacent to an activating group) is 1. The van der Waals surface area contributed by atoms with E-state index in [4.69, 9.17) is 5.73 Å². The Bertz CT molecular complexity index is 488. The van der Waals surface area contributed by atoms with Crippen molar-refractivity contribution in [2.45, 2.75) is 26.8 Å². The van der Waals surface area contributed by atoms with Gasteiger partial charge in [-0.15, -0.1) is 12.4 Å². The van der Waals surface area contributed by atoms with E-state index in [1.165, 1.54) is 6.07 Å². The fourth-order valence-corrected chi connectivity index (χ4v) is 2.43. The fourth-order valence-electron chi connectivity index (χ4n) is 2.43. The molecule has 0 amide bonds. The van der Waals surface area contributed by atoms with E-state index in [-0.39, 0.29) is 18.2 Å². The predicted octanol–water partition coefficient (Wildman–Crippen LogP) is 2.60. The van der Waals surface area contributed by atoms with Crippen molar-refractivity contribution in [1.82, 2.24) is 4.90 Å². The second-order valence-electron chi connectivity index (χ2n) is 4.70. The number of benzene rings is 1. The lowest BCUT2D eigenvalue weighted by Gasteiger charge is -2.24. The molecule has 0 aromatic heterocycles. The van der Waals surface area contributed by atoms with Crippen LogP contribution in [0.4, 0.5) is 4.39 Å². The van der Waals surface area contributed by atoms with E-state index < -0.39 is 6.04 Å². The molecule has 1 aliphatic heterocycles. The molecule has 2 N–H and O–H groups in total. The Morgan fingerprint density at radius 2 is 2.11 bits per heavy atom. The summed E-state index contributed by atoms with van der Waals surface area (Å²) in [6.07, 6.45) is 0. The number of halogens is 2. The maximum Gasteiger partial charge on any atom is 0.128 e. The lowest BCUT2D eigenvalue weighted by molar-refractivity contribution is 0.465. The Hall–Kier alpha value is -1.13. The van der Waals surface area contributed by atoms with Crippen LogP contribution in [0, 0.1) is 19.7 Å². The minimum Gasteiger partial charge on any atom is -0.357 e. The van der Waals surface area contributed by atoms with Crippen LogP contribution in [0.5, 0.6) is 0 Å². The summed E-state index contributed by atoms with van der Waals surface area (Å²) < 4.78 is 14.0. The number of aliphatic imine (C=N–C) groups is 1. The Morgan fingerprint density at radius 3 is 2.74 bits per heavy atom. The van der Waals surface area contributed by atoms with E-state index in [2.05, 4.69) is 16.8 Å². The van der Waals surface area contributed by atoms with Gasteiger partial charge in [0.05, 0.1) is 12.6 Å². The molecule has 0 saturated carbocycles. The van der Waals surface area contributed by atoms with Gasteiger partial charge in [0.1, 0.15) is 11.7 Å². The molecule has 1 atom stereocenters. The van der Waals surface area contributed by atoms with Gasteiger partial charge in [0.25, 0.3) is 0 Å². The van der Waals surface area contributed by atoms with Crippen LogP contribution in [-0.2, 0) is 0 Å². The molecule has 2 rings (SSSR count). The maximum absolute atomic E-state index is 14.0. The highest BCUT2D eigenvalue weighted by molar-refractivity contribution is 5.90. The SMILES string of the molecule is CCN1CCN=C1C(N)c1c(F)ccc(C)c1C.Cl. The molecule has 0 fully saturated rings. The molecule has 1 aromatic rings. The Balaban J connectivity index is 0.00000180. The number of hydrogen-bond acceptors (Lipinski definition) is 3. The van der Waals surface area contributed by atoms with Crippen LogP contribution in [-0.4, -0.2) is 30.4 Å². The van der Waals surface area contributed by atoms with Gasteiger partial charge in [0.2, 0.25) is 0 Å². The molecule has 1 heterocycles. The molecule has 1 aromatic carbocycles. The standard InChI is InChI=1S/C14H20FN3.ClH/c1-4-18-8-7-17-14(18)13(16)12-10(3)9(2)5-6-11(12)15;/h5-6,13H,4,7-8,16H2,1-3H3;1H. The first-order chi connectivity index (χ1) is 8.56. The first-order valence-electron chi connectivity index (χ1n) is 6.36. The molecule has 0 aliphatic carbocycles. The van der Waals surface area contributed by atoms with E-state index in [1.807, 2.05) is 13.8 Å². The van der Waals surface area contributed by atoms with Gasteiger partial charge in [0, 0.05) is 18.7 Å². The number of amidine groups is 1. The minimum absolute atomic E-state index is 0. The zero-order valence-corrected chi connectivity index (χ0v) is 12.4. The van der Waals surface area contributed by atoms with Crippen LogP contribution in [0.2, 0.25) is 0 Å². The van der Waals surface area contributed by atoms with Crippen molar-refractivity contribution in [2.75, 3.05) is 19.6 Å². The van der Waals surface area contributed by atoms with Gasteiger partial charge in [0.15, 0.2) is 0 Å². The predicted molar refractivity (Wildman–Crippen MR) is 79.6 cm³/mol. The highest BCUT2D eigenvalue weighted by atomic mass is 35.5. The largest absolute Gasteiger partial charge is 0.357 e. The lowest BCUT2D eigenvalue weighted by Crippen LogP contribution is -2.36. The molecule has 19 heavy (non-hydrogen) atoms. The highest BCUT2D eigenvalue weighted by Gasteiger charge is 2.26. The van der Waals surface area contributed by atoms with E-state index in [1.54, 1.807) is 6.07 Å². The van der Waals surface area contributed by atoms with Crippen molar-refractivity contribution >= 4 is 18.2 Å². The van der Waals surface area contributed by atoms with Crippen molar-refractivity contribution in [2.24, 2.45) is 10.7 Å². The van der Waals surface area contributed by atoms with Crippen LogP contribution in [0.3, 0.4) is 0 Å². The summed E-state index contributed by atoms with van der Waals surface area (Å²) in [6.45, 7) is 8.44. The van der Waals surface area contributed by atoms with Crippen molar-refractivity contribution in [3.05, 3.63) is 34.6 Å². The lowest BCUT2D eigenvalue weighted by atomic mass is 9.96. The molecule has 0 spiro atoms. The Morgan fingerprint density at radius 1 is 1.42 bits per heavy atom. The Labute approximate surface area is 120 Å². The molecule has 0 bridgehead atoms. The topological polar surface area (TPSA) is 41.6 Å². The van der Waals surface area contributed by atoms with Gasteiger partial charge in [-0.25, -0.2) is 4.39 Å². The number of aryl methyl sites for hydroxylation is 1. The molecule has 0 saturated heterocycles. The number of nitrogens with zero attached hydrogens (tertiary/aromatic N) is 2. The minimum atomic E-state index is -0.465. The molecule has 5 heteroatoms. The van der Waals surface area contributed by atoms with Crippen molar-refractivity contribution < 1.29 is 4.39 Å². The third-order valence-corrected chi connectivity index (χ3v) is 3.67. The molecular weight excluding hydrogens is 265 g/mol. The maximum atomic E-state index is 14.0. The monoisotopic (exact) mass is 285 g/mol. The quantitative estimate of drug-likeness (QED) is 0.927. The van der Waals surface area contributed by atoms with Gasteiger partial charge < -0.3 is 10.6 Å². The van der Waals surface area contributed by atoms with Gasteiger partial charge in [-0.3, -0.25) is 4.99 Å². The van der Waals surface area contributed by atoms with Gasteiger partial charge >= 0.3 is 0 Å². The highest BCUT2D eigenvalue weighted by Crippen LogP contribution is 2.25. The summed E-state index contributed by atoms with van der Waals surface area (Å²) >= 11 is 0. The second-order valence-corrected chi connectivity index (χ2v) is 4.70. The van der Waals surface area contributed by atoms with E-state index in [0.717, 1.165) is 36.6 Å². The average molecular weight is 286 g/mol. The average Bonchev–Trinajstić information content (AvgIpc) is 2.82. The first kappa shape index (κ1) is 15.9. The fraction of sp³-hybridized carbons (Fsp3) is 0.500. The number of hydrogen-bond donors (Lipinski definition) is 1. The zero-order valence-electron chi connectivity index (χ0n) is 11.6. The van der Waals surface area contributed by atoms with Crippen LogP contribution >= 0.6 is 12.4 Å². The normalized spacial score (nSPS) is 16.1. The summed E-state index contributed by atoms with van der Waals surface area (Å²) in [5, 5.41) is 0. The van der Waals surface area contributed by atoms with Crippen molar-refractivity contribution in [3.8, 4) is 0 Å². The van der Waals surface area contributed by atoms with Gasteiger partial charge in [-0.1, -0.05) is 6.07 Å². The number of nitrogens with two attached hydrogens (primary N) is 1. The summed E-state index contributed by atoms with van der Waals surface area (Å²) in [7, 11) is 0. The van der Waals surface area contributed by atoms with Gasteiger partial charge in [-0.05, 0) is 38.0 Å². The molecule has 1 unspecified atom stereocenters. The summed E-state index contributed by atoms with van der Waals surface area (Å²) in [4.78, 5) is 6.54. The second kappa shape index (κ2) is 6.35. The Kier molecular flexibility index (Phi) is 5.32. The van der Waals surface area contributed by atoms with Crippen LogP contribution in [0.1, 0.15) is 29.7 Å². The first-order valence-corrected chi connectivity index (χ1v) is 6.36. The van der Waals surface area contributed by atoms with Crippen molar-refractivity contribution in [1.29, 1.82) is 0 Å². The molecule has 1 aliphatic rings.